The van der Waals surface area contributed by atoms with Gasteiger partial charge in [0.2, 0.25) is 0 Å². The number of aromatic nitrogens is 1. The molecule has 2 nitrogen and oxygen atoms in total. The Hall–Kier alpha value is -2.35. The van der Waals surface area contributed by atoms with Crippen molar-refractivity contribution in [3.63, 3.8) is 0 Å². The summed E-state index contributed by atoms with van der Waals surface area (Å²) >= 11 is 0. The Morgan fingerprint density at radius 2 is 1.76 bits per heavy atom. The third-order valence-electron chi connectivity index (χ3n) is 3.24. The van der Waals surface area contributed by atoms with E-state index < -0.39 is 0 Å². The Kier molecular flexibility index (Phi) is 1.59. The molecule has 2 heterocycles. The fourth-order valence-electron chi connectivity index (χ4n) is 2.54. The van der Waals surface area contributed by atoms with E-state index in [0.717, 1.165) is 5.69 Å². The highest BCUT2D eigenvalue weighted by atomic mass is 15.0. The molecule has 17 heavy (non-hydrogen) atoms. The minimum Gasteiger partial charge on any atom is -0.314 e. The molecular weight excluding hydrogens is 208 g/mol. The van der Waals surface area contributed by atoms with Gasteiger partial charge in [-0.15, -0.1) is 0 Å². The van der Waals surface area contributed by atoms with Gasteiger partial charge in [0, 0.05) is 23.2 Å². The van der Waals surface area contributed by atoms with Crippen LogP contribution in [0, 0.1) is 0 Å². The molecule has 0 unspecified atom stereocenters. The molecule has 0 radical (unpaired) electrons. The van der Waals surface area contributed by atoms with E-state index in [1.165, 1.54) is 21.8 Å². The number of aliphatic imine (C=N–C) groups is 1. The van der Waals surface area contributed by atoms with Gasteiger partial charge in [-0.1, -0.05) is 30.3 Å². The maximum atomic E-state index is 4.47. The van der Waals surface area contributed by atoms with E-state index >= 15 is 0 Å². The molecule has 80 valence electrons. The van der Waals surface area contributed by atoms with Crippen molar-refractivity contribution in [3.05, 3.63) is 48.5 Å². The Morgan fingerprint density at radius 3 is 2.76 bits per heavy atom. The SMILES string of the molecule is C1=Cn2c3ccccc3c3cccc(c32)N=C1. The number of nitrogens with zero attached hydrogens (tertiary/aromatic N) is 2. The normalized spacial score (nSPS) is 13.4. The van der Waals surface area contributed by atoms with E-state index in [1.807, 2.05) is 12.3 Å². The molecule has 0 spiro atoms. The molecule has 0 atom stereocenters. The first-order valence-corrected chi connectivity index (χ1v) is 5.68. The second-order valence-electron chi connectivity index (χ2n) is 4.18. The van der Waals surface area contributed by atoms with E-state index in [2.05, 4.69) is 58.2 Å². The summed E-state index contributed by atoms with van der Waals surface area (Å²) in [6.45, 7) is 0. The summed E-state index contributed by atoms with van der Waals surface area (Å²) in [6.07, 6.45) is 5.90. The van der Waals surface area contributed by atoms with Crippen LogP contribution in [0.15, 0.2) is 53.5 Å². The summed E-state index contributed by atoms with van der Waals surface area (Å²) in [5.41, 5.74) is 3.46. The minimum atomic E-state index is 1.03. The summed E-state index contributed by atoms with van der Waals surface area (Å²) < 4.78 is 2.22. The molecule has 0 amide bonds. The van der Waals surface area contributed by atoms with Crippen LogP contribution in [0.5, 0.6) is 0 Å². The highest BCUT2D eigenvalue weighted by Gasteiger charge is 2.12. The van der Waals surface area contributed by atoms with Crippen LogP contribution in [0.2, 0.25) is 0 Å². The maximum Gasteiger partial charge on any atom is 0.0876 e. The van der Waals surface area contributed by atoms with Crippen molar-refractivity contribution in [1.29, 1.82) is 0 Å². The van der Waals surface area contributed by atoms with Gasteiger partial charge in [-0.3, -0.25) is 4.99 Å². The molecule has 1 aliphatic heterocycles. The standard InChI is InChI=1S/C15H10N2/c1-2-8-14-11(5-1)12-6-3-7-13-15(12)17(14)10-4-9-16-13/h1-10H. The van der Waals surface area contributed by atoms with E-state index in [1.54, 1.807) is 0 Å². The Morgan fingerprint density at radius 1 is 0.882 bits per heavy atom. The first kappa shape index (κ1) is 8.76. The molecule has 2 aromatic carbocycles. The van der Waals surface area contributed by atoms with Crippen LogP contribution >= 0.6 is 0 Å². The van der Waals surface area contributed by atoms with Gasteiger partial charge >= 0.3 is 0 Å². The van der Waals surface area contributed by atoms with Gasteiger partial charge < -0.3 is 4.57 Å². The molecule has 0 aliphatic carbocycles. The van der Waals surface area contributed by atoms with Gasteiger partial charge in [-0.25, -0.2) is 0 Å². The number of hydrogen-bond donors (Lipinski definition) is 0. The summed E-state index contributed by atoms with van der Waals surface area (Å²) in [5, 5.41) is 2.55. The fourth-order valence-corrected chi connectivity index (χ4v) is 2.54. The van der Waals surface area contributed by atoms with Crippen molar-refractivity contribution in [3.8, 4) is 0 Å². The highest BCUT2D eigenvalue weighted by Crippen LogP contribution is 2.35. The Bertz CT molecular complexity index is 791. The first-order valence-electron chi connectivity index (χ1n) is 5.68. The lowest BCUT2D eigenvalue weighted by Gasteiger charge is -2.00. The van der Waals surface area contributed by atoms with Crippen LogP contribution in [0.25, 0.3) is 28.0 Å². The summed E-state index contributed by atoms with van der Waals surface area (Å²) in [7, 11) is 0. The zero-order valence-electron chi connectivity index (χ0n) is 9.17. The number of benzene rings is 2. The van der Waals surface area contributed by atoms with Gasteiger partial charge in [0.1, 0.15) is 0 Å². The Labute approximate surface area is 98.5 Å². The molecule has 2 heteroatoms. The molecule has 0 bridgehead atoms. The van der Waals surface area contributed by atoms with Gasteiger partial charge in [0.15, 0.2) is 0 Å². The third kappa shape index (κ3) is 1.07. The predicted octanol–water partition coefficient (Wildman–Crippen LogP) is 3.98. The number of hydrogen-bond acceptors (Lipinski definition) is 1. The van der Waals surface area contributed by atoms with Gasteiger partial charge in [0.05, 0.1) is 16.7 Å². The van der Waals surface area contributed by atoms with E-state index in [-0.39, 0.29) is 0 Å². The van der Waals surface area contributed by atoms with Crippen LogP contribution in [0.1, 0.15) is 0 Å². The van der Waals surface area contributed by atoms with Gasteiger partial charge in [-0.05, 0) is 18.2 Å². The van der Waals surface area contributed by atoms with Crippen LogP contribution in [-0.4, -0.2) is 10.8 Å². The van der Waals surface area contributed by atoms with Crippen molar-refractivity contribution in [2.75, 3.05) is 0 Å². The van der Waals surface area contributed by atoms with Crippen molar-refractivity contribution < 1.29 is 0 Å². The molecule has 4 rings (SSSR count). The van der Waals surface area contributed by atoms with E-state index in [4.69, 9.17) is 0 Å². The number of allylic oxidation sites excluding steroid dienone is 1. The predicted molar refractivity (Wildman–Crippen MR) is 72.9 cm³/mol. The van der Waals surface area contributed by atoms with Crippen molar-refractivity contribution in [2.24, 2.45) is 4.99 Å². The topological polar surface area (TPSA) is 17.3 Å². The Balaban J connectivity index is 2.39. The largest absolute Gasteiger partial charge is 0.314 e. The fraction of sp³-hybridized carbons (Fsp3) is 0. The first-order chi connectivity index (χ1) is 8.45. The number of para-hydroxylation sites is 2. The molecule has 0 fully saturated rings. The molecule has 1 aliphatic rings. The molecule has 1 aromatic heterocycles. The lowest BCUT2D eigenvalue weighted by Crippen LogP contribution is -1.83. The lowest BCUT2D eigenvalue weighted by atomic mass is 10.1. The second-order valence-corrected chi connectivity index (χ2v) is 4.18. The van der Waals surface area contributed by atoms with Crippen LogP contribution in [0.3, 0.4) is 0 Å². The summed E-state index contributed by atoms with van der Waals surface area (Å²) in [6, 6.07) is 14.7. The van der Waals surface area contributed by atoms with E-state index in [0.29, 0.717) is 0 Å². The van der Waals surface area contributed by atoms with Crippen LogP contribution in [0.4, 0.5) is 5.69 Å². The average Bonchev–Trinajstić information content (AvgIpc) is 2.56. The third-order valence-corrected chi connectivity index (χ3v) is 3.24. The van der Waals surface area contributed by atoms with E-state index in [9.17, 15) is 0 Å². The average molecular weight is 218 g/mol. The smallest absolute Gasteiger partial charge is 0.0876 e. The molecule has 0 saturated carbocycles. The van der Waals surface area contributed by atoms with Crippen LogP contribution in [-0.2, 0) is 0 Å². The van der Waals surface area contributed by atoms with Crippen molar-refractivity contribution in [1.82, 2.24) is 4.57 Å². The summed E-state index contributed by atoms with van der Waals surface area (Å²) in [5.74, 6) is 0. The minimum absolute atomic E-state index is 1.03. The molecule has 0 N–H and O–H groups in total. The number of rotatable bonds is 0. The van der Waals surface area contributed by atoms with Crippen molar-refractivity contribution >= 4 is 39.9 Å². The quantitative estimate of drug-likeness (QED) is 0.543. The van der Waals surface area contributed by atoms with Gasteiger partial charge in [0.25, 0.3) is 0 Å². The number of fused-ring (bicyclic) bond motifs is 3. The van der Waals surface area contributed by atoms with Crippen LogP contribution < -0.4 is 0 Å². The zero-order chi connectivity index (χ0) is 11.2. The highest BCUT2D eigenvalue weighted by molar-refractivity contribution is 6.13. The maximum absolute atomic E-state index is 4.47. The van der Waals surface area contributed by atoms with Gasteiger partial charge in [-0.2, -0.15) is 0 Å². The second kappa shape index (κ2) is 3.08. The van der Waals surface area contributed by atoms with Crippen molar-refractivity contribution in [2.45, 2.75) is 0 Å². The molecule has 3 aromatic rings. The monoisotopic (exact) mass is 218 g/mol. The summed E-state index contributed by atoms with van der Waals surface area (Å²) in [4.78, 5) is 4.47. The zero-order valence-corrected chi connectivity index (χ0v) is 9.17. The lowest BCUT2D eigenvalue weighted by molar-refractivity contribution is 1.29. The molecule has 0 saturated heterocycles. The molecular formula is C15H10N2.